The Morgan fingerprint density at radius 2 is 2.27 bits per heavy atom. The van der Waals surface area contributed by atoms with Gasteiger partial charge in [0.15, 0.2) is 0 Å². The molecule has 1 aliphatic heterocycles. The molecule has 0 radical (unpaired) electrons. The highest BCUT2D eigenvalue weighted by Crippen LogP contribution is 2.11. The number of hydrogen-bond acceptors (Lipinski definition) is 2. The molecular formula is C8H17NOS. The molecule has 1 N–H and O–H groups in total. The first kappa shape index (κ1) is 9.07. The Balaban J connectivity index is 2.43. The average molecular weight is 175 g/mol. The van der Waals surface area contributed by atoms with Gasteiger partial charge in [0, 0.05) is 23.6 Å². The van der Waals surface area contributed by atoms with Crippen LogP contribution in [0.5, 0.6) is 0 Å². The Labute approximate surface area is 69.4 Å². The highest BCUT2D eigenvalue weighted by Gasteiger charge is 2.23. The summed E-state index contributed by atoms with van der Waals surface area (Å²) in [4.78, 5) is 0. The molecule has 1 aliphatic rings. The summed E-state index contributed by atoms with van der Waals surface area (Å²) < 4.78 is 11.4. The molecule has 1 saturated heterocycles. The fourth-order valence-corrected chi connectivity index (χ4v) is 3.37. The van der Waals surface area contributed by atoms with Crippen LogP contribution < -0.4 is 5.32 Å². The van der Waals surface area contributed by atoms with E-state index < -0.39 is 9.52 Å². The molecular weight excluding hydrogens is 158 g/mol. The molecule has 0 saturated carbocycles. The molecule has 2 nitrogen and oxygen atoms in total. The molecule has 1 heterocycles. The third-order valence-corrected chi connectivity index (χ3v) is 3.90. The van der Waals surface area contributed by atoms with E-state index in [1.54, 1.807) is 0 Å². The van der Waals surface area contributed by atoms with Gasteiger partial charge in [-0.1, -0.05) is 13.8 Å². The van der Waals surface area contributed by atoms with Crippen molar-refractivity contribution in [2.24, 2.45) is 0 Å². The zero-order valence-corrected chi connectivity index (χ0v) is 8.12. The summed E-state index contributed by atoms with van der Waals surface area (Å²) in [6.45, 7) is 4.23. The van der Waals surface area contributed by atoms with Crippen molar-refractivity contribution in [3.05, 3.63) is 0 Å². The maximum absolute atomic E-state index is 11.4. The molecule has 0 amide bonds. The molecule has 0 aromatic heterocycles. The molecule has 0 bridgehead atoms. The van der Waals surface area contributed by atoms with E-state index in [2.05, 4.69) is 25.0 Å². The molecule has 11 heavy (non-hydrogen) atoms. The summed E-state index contributed by atoms with van der Waals surface area (Å²) in [6, 6.07) is 0.938. The zero-order chi connectivity index (χ0) is 8.48. The minimum absolute atomic E-state index is 0.444. The van der Waals surface area contributed by atoms with Gasteiger partial charge in [-0.05, 0) is 21.8 Å². The van der Waals surface area contributed by atoms with Gasteiger partial charge in [-0.3, -0.25) is 4.21 Å². The fraction of sp³-hybridized carbons (Fsp3) is 0.875. The Morgan fingerprint density at radius 1 is 1.64 bits per heavy atom. The summed E-state index contributed by atoms with van der Waals surface area (Å²) in [6.07, 6.45) is 1.03. The molecule has 2 atom stereocenters. The first-order valence-electron chi connectivity index (χ1n) is 4.08. The van der Waals surface area contributed by atoms with Gasteiger partial charge in [-0.2, -0.15) is 0 Å². The highest BCUT2D eigenvalue weighted by atomic mass is 32.2. The lowest BCUT2D eigenvalue weighted by Gasteiger charge is -2.13. The summed E-state index contributed by atoms with van der Waals surface area (Å²) in [7, 11) is -1.70. The molecule has 1 rings (SSSR count). The van der Waals surface area contributed by atoms with Gasteiger partial charge < -0.3 is 5.32 Å². The Morgan fingerprint density at radius 3 is 2.64 bits per heavy atom. The van der Waals surface area contributed by atoms with Crippen molar-refractivity contribution in [1.29, 1.82) is 0 Å². The predicted molar refractivity (Wildman–Crippen MR) is 51.7 cm³/mol. The Bertz CT molecular complexity index is 218. The minimum atomic E-state index is -1.70. The third-order valence-electron chi connectivity index (χ3n) is 1.91. The van der Waals surface area contributed by atoms with E-state index in [4.69, 9.17) is 0 Å². The molecule has 3 heteroatoms. The standard InChI is InChI=1S/C8H17NOS/c1-7(2)9-8-4-5-11(3,10)6-8/h7-9H,3-6H2,1-2H3. The smallest absolute Gasteiger partial charge is 0.0313 e. The summed E-state index contributed by atoms with van der Waals surface area (Å²) in [5, 5.41) is 3.38. The second-order valence-corrected chi connectivity index (χ2v) is 6.32. The maximum Gasteiger partial charge on any atom is 0.0313 e. The third kappa shape index (κ3) is 2.83. The van der Waals surface area contributed by atoms with E-state index in [9.17, 15) is 4.21 Å². The highest BCUT2D eigenvalue weighted by molar-refractivity contribution is 8.00. The predicted octanol–water partition coefficient (Wildman–Crippen LogP) is 0.473. The molecule has 0 aromatic rings. The molecule has 0 aliphatic carbocycles. The van der Waals surface area contributed by atoms with E-state index in [-0.39, 0.29) is 0 Å². The summed E-state index contributed by atoms with van der Waals surface area (Å²) in [5.74, 6) is 5.29. The van der Waals surface area contributed by atoms with Gasteiger partial charge in [0.1, 0.15) is 0 Å². The average Bonchev–Trinajstić information content (AvgIpc) is 2.08. The van der Waals surface area contributed by atoms with Crippen LogP contribution in [0.15, 0.2) is 0 Å². The lowest BCUT2D eigenvalue weighted by atomic mass is 10.2. The Hall–Kier alpha value is -0.0200. The molecule has 66 valence electrons. The van der Waals surface area contributed by atoms with Crippen molar-refractivity contribution in [2.45, 2.75) is 32.4 Å². The van der Waals surface area contributed by atoms with Crippen LogP contribution in [-0.2, 0) is 9.52 Å². The van der Waals surface area contributed by atoms with Crippen LogP contribution in [0.2, 0.25) is 0 Å². The number of hydrogen-bond donors (Lipinski definition) is 1. The van der Waals surface area contributed by atoms with Crippen molar-refractivity contribution >= 4 is 15.4 Å². The van der Waals surface area contributed by atoms with E-state index in [1.807, 2.05) is 0 Å². The van der Waals surface area contributed by atoms with Crippen LogP contribution in [0.25, 0.3) is 0 Å². The topological polar surface area (TPSA) is 29.1 Å². The van der Waals surface area contributed by atoms with Gasteiger partial charge in [0.2, 0.25) is 0 Å². The van der Waals surface area contributed by atoms with Gasteiger partial charge >= 0.3 is 0 Å². The molecule has 1 fully saturated rings. The van der Waals surface area contributed by atoms with Crippen LogP contribution in [-0.4, -0.2) is 33.7 Å². The zero-order valence-electron chi connectivity index (χ0n) is 7.30. The van der Waals surface area contributed by atoms with Crippen molar-refractivity contribution < 1.29 is 4.21 Å². The van der Waals surface area contributed by atoms with Crippen molar-refractivity contribution in [2.75, 3.05) is 11.5 Å². The fourth-order valence-electron chi connectivity index (χ4n) is 1.49. The minimum Gasteiger partial charge on any atom is -0.311 e. The van der Waals surface area contributed by atoms with Crippen LogP contribution in [0, 0.1) is 0 Å². The van der Waals surface area contributed by atoms with Crippen LogP contribution in [0.3, 0.4) is 0 Å². The molecule has 2 unspecified atom stereocenters. The van der Waals surface area contributed by atoms with Crippen molar-refractivity contribution in [1.82, 2.24) is 5.32 Å². The van der Waals surface area contributed by atoms with Crippen molar-refractivity contribution in [3.63, 3.8) is 0 Å². The second-order valence-electron chi connectivity index (χ2n) is 3.64. The van der Waals surface area contributed by atoms with E-state index in [1.165, 1.54) is 0 Å². The van der Waals surface area contributed by atoms with Gasteiger partial charge in [-0.15, -0.1) is 0 Å². The summed E-state index contributed by atoms with van der Waals surface area (Å²) >= 11 is 0. The lowest BCUT2D eigenvalue weighted by Crippen LogP contribution is -2.35. The maximum atomic E-state index is 11.4. The van der Waals surface area contributed by atoms with Crippen LogP contribution in [0.4, 0.5) is 0 Å². The van der Waals surface area contributed by atoms with E-state index in [0.717, 1.165) is 17.9 Å². The monoisotopic (exact) mass is 175 g/mol. The van der Waals surface area contributed by atoms with Gasteiger partial charge in [-0.25, -0.2) is 0 Å². The lowest BCUT2D eigenvalue weighted by molar-refractivity contribution is 0.496. The largest absolute Gasteiger partial charge is 0.311 e. The second kappa shape index (κ2) is 3.15. The quantitative estimate of drug-likeness (QED) is 0.618. The molecule has 0 aromatic carbocycles. The van der Waals surface area contributed by atoms with E-state index >= 15 is 0 Å². The van der Waals surface area contributed by atoms with E-state index in [0.29, 0.717) is 12.1 Å². The first-order valence-corrected chi connectivity index (χ1v) is 6.15. The number of rotatable bonds is 2. The number of nitrogens with one attached hydrogen (secondary N) is 1. The van der Waals surface area contributed by atoms with Gasteiger partial charge in [0.05, 0.1) is 0 Å². The molecule has 0 spiro atoms. The van der Waals surface area contributed by atoms with Crippen molar-refractivity contribution in [3.8, 4) is 0 Å². The first-order chi connectivity index (χ1) is 4.99. The van der Waals surface area contributed by atoms with Gasteiger partial charge in [0.25, 0.3) is 0 Å². The Kier molecular flexibility index (Phi) is 2.60. The normalized spacial score (nSPS) is 38.3. The van der Waals surface area contributed by atoms with Crippen LogP contribution >= 0.6 is 0 Å². The summed E-state index contributed by atoms with van der Waals surface area (Å²) in [5.41, 5.74) is 0. The van der Waals surface area contributed by atoms with Crippen LogP contribution in [0.1, 0.15) is 20.3 Å². The SMILES string of the molecule is C=S1(=O)CCC(NC(C)C)C1.